The van der Waals surface area contributed by atoms with Crippen LogP contribution in [-0.4, -0.2) is 19.9 Å². The van der Waals surface area contributed by atoms with Crippen LogP contribution >= 0.6 is 15.9 Å². The second kappa shape index (κ2) is 9.74. The van der Waals surface area contributed by atoms with Crippen molar-refractivity contribution >= 4 is 62.3 Å². The topological polar surface area (TPSA) is 57.4 Å². The Morgan fingerprint density at radius 3 is 1.32 bits per heavy atom. The molecule has 0 fully saturated rings. The lowest BCUT2D eigenvalue weighted by molar-refractivity contribution is -0.138. The van der Waals surface area contributed by atoms with Crippen LogP contribution < -0.4 is 0 Å². The van der Waals surface area contributed by atoms with E-state index in [9.17, 15) is 13.2 Å². The third kappa shape index (κ3) is 4.50. The Hall–Kier alpha value is -4.69. The Labute approximate surface area is 241 Å². The van der Waals surface area contributed by atoms with Crippen molar-refractivity contribution in [2.45, 2.75) is 6.18 Å². The van der Waals surface area contributed by atoms with E-state index in [0.29, 0.717) is 22.5 Å². The van der Waals surface area contributed by atoms with E-state index in [1.54, 1.807) is 12.2 Å². The number of hydrogen-bond donors (Lipinski definition) is 2. The Morgan fingerprint density at radius 1 is 0.512 bits per heavy atom. The number of aromatic amines is 2. The van der Waals surface area contributed by atoms with E-state index in [2.05, 4.69) is 35.9 Å². The summed E-state index contributed by atoms with van der Waals surface area (Å²) in [6, 6.07) is 26.7. The van der Waals surface area contributed by atoms with Crippen LogP contribution in [0.1, 0.15) is 28.3 Å². The first kappa shape index (κ1) is 25.3. The number of aromatic nitrogens is 4. The number of nitrogens with one attached hydrogen (secondary N) is 2. The molecule has 2 aromatic carbocycles. The fourth-order valence-corrected chi connectivity index (χ4v) is 5.74. The zero-order valence-electron chi connectivity index (χ0n) is 21.3. The molecule has 8 heteroatoms. The monoisotopic (exact) mass is 608 g/mol. The SMILES string of the molecule is FC(F)(F)c1c2nc(c(-c3ccccc3)c3ccc([nH]3)c(Br)c3ccc([nH]3)c(-c3ccccc3)c3nc1C=C3)C=C2. The highest BCUT2D eigenvalue weighted by molar-refractivity contribution is 9.10. The molecule has 0 amide bonds. The Kier molecular flexibility index (Phi) is 6.01. The predicted octanol–water partition coefficient (Wildman–Crippen LogP) is 9.77. The molecule has 2 aliphatic heterocycles. The maximum Gasteiger partial charge on any atom is 0.420 e. The number of nitrogens with zero attached hydrogens (tertiary/aromatic N) is 2. The normalized spacial score (nSPS) is 12.7. The van der Waals surface area contributed by atoms with Gasteiger partial charge in [0, 0.05) is 22.2 Å². The van der Waals surface area contributed by atoms with E-state index >= 15 is 0 Å². The van der Waals surface area contributed by atoms with Gasteiger partial charge < -0.3 is 9.97 Å². The average Bonchev–Trinajstić information content (AvgIpc) is 3.78. The fraction of sp³-hybridized carbons (Fsp3) is 0.0303. The molecule has 0 unspecified atom stereocenters. The minimum atomic E-state index is -4.68. The Morgan fingerprint density at radius 2 is 0.902 bits per heavy atom. The van der Waals surface area contributed by atoms with E-state index in [0.717, 1.165) is 37.7 Å². The summed E-state index contributed by atoms with van der Waals surface area (Å²) in [7, 11) is 0. The van der Waals surface area contributed by atoms with Crippen molar-refractivity contribution in [3.8, 4) is 22.3 Å². The van der Waals surface area contributed by atoms with Gasteiger partial charge in [-0.2, -0.15) is 13.2 Å². The molecule has 5 heterocycles. The van der Waals surface area contributed by atoms with Gasteiger partial charge in [0.25, 0.3) is 0 Å². The maximum absolute atomic E-state index is 14.7. The van der Waals surface area contributed by atoms with Crippen LogP contribution in [0.3, 0.4) is 0 Å². The van der Waals surface area contributed by atoms with Crippen LogP contribution in [0, 0.1) is 0 Å². The van der Waals surface area contributed by atoms with Crippen molar-refractivity contribution in [2.75, 3.05) is 0 Å². The lowest BCUT2D eigenvalue weighted by Crippen LogP contribution is -2.10. The standard InChI is InChI=1S/C33H20BrF3N4/c34-32-27-17-13-23(40-27)29(19-7-3-1-4-8-19)21-11-15-25(38-21)31(33(35,36)37)26-16-12-22(39-26)30(20-9-5-2-6-10-20)24-14-18-28(32)41-24/h1-18,40-41H. The van der Waals surface area contributed by atoms with Crippen LogP contribution in [-0.2, 0) is 6.18 Å². The number of fused-ring (bicyclic) bond motifs is 8. The van der Waals surface area contributed by atoms with Gasteiger partial charge in [-0.15, -0.1) is 0 Å². The summed E-state index contributed by atoms with van der Waals surface area (Å²) < 4.78 is 44.8. The van der Waals surface area contributed by atoms with Gasteiger partial charge in [0.2, 0.25) is 0 Å². The predicted molar refractivity (Wildman–Crippen MR) is 162 cm³/mol. The lowest BCUT2D eigenvalue weighted by Gasteiger charge is -2.09. The summed E-state index contributed by atoms with van der Waals surface area (Å²) in [5, 5.41) is 0. The molecule has 7 rings (SSSR count). The van der Waals surface area contributed by atoms with E-state index in [4.69, 9.17) is 0 Å². The first-order valence-corrected chi connectivity index (χ1v) is 13.7. The Bertz CT molecular complexity index is 1900. The van der Waals surface area contributed by atoms with Gasteiger partial charge >= 0.3 is 6.18 Å². The highest BCUT2D eigenvalue weighted by Gasteiger charge is 2.37. The molecule has 5 aromatic rings. The number of H-pyrrole nitrogens is 2. The molecule has 0 saturated carbocycles. The van der Waals surface area contributed by atoms with E-state index in [1.165, 1.54) is 12.2 Å². The second-order valence-corrected chi connectivity index (χ2v) is 10.5. The van der Waals surface area contributed by atoms with Gasteiger partial charge in [-0.1, -0.05) is 60.7 Å². The molecule has 8 bridgehead atoms. The van der Waals surface area contributed by atoms with Crippen LogP contribution in [0.15, 0.2) is 89.4 Å². The number of benzene rings is 2. The minimum Gasteiger partial charge on any atom is -0.354 e. The van der Waals surface area contributed by atoms with Crippen molar-refractivity contribution in [3.63, 3.8) is 0 Å². The molecule has 2 aliphatic rings. The molecular weight excluding hydrogens is 589 g/mol. The minimum absolute atomic E-state index is 0.180. The molecule has 0 aliphatic carbocycles. The van der Waals surface area contributed by atoms with Gasteiger partial charge in [0.15, 0.2) is 0 Å². The molecule has 41 heavy (non-hydrogen) atoms. The highest BCUT2D eigenvalue weighted by Crippen LogP contribution is 2.39. The summed E-state index contributed by atoms with van der Waals surface area (Å²) in [6.45, 7) is 0. The zero-order valence-corrected chi connectivity index (χ0v) is 22.9. The van der Waals surface area contributed by atoms with Gasteiger partial charge in [-0.25, -0.2) is 9.97 Å². The van der Waals surface area contributed by atoms with Crippen molar-refractivity contribution < 1.29 is 13.2 Å². The molecule has 0 atom stereocenters. The van der Waals surface area contributed by atoms with Gasteiger partial charge in [0.1, 0.15) is 5.56 Å². The van der Waals surface area contributed by atoms with E-state index in [1.807, 2.05) is 84.9 Å². The molecule has 200 valence electrons. The highest BCUT2D eigenvalue weighted by atomic mass is 79.9. The zero-order chi connectivity index (χ0) is 28.1. The third-order valence-corrected chi connectivity index (χ3v) is 7.95. The summed E-state index contributed by atoms with van der Waals surface area (Å²) >= 11 is 3.76. The number of alkyl halides is 3. The smallest absolute Gasteiger partial charge is 0.354 e. The molecule has 3 aromatic heterocycles. The van der Waals surface area contributed by atoms with Gasteiger partial charge in [-0.3, -0.25) is 0 Å². The molecule has 2 N–H and O–H groups in total. The molecular formula is C33H20BrF3N4. The first-order valence-electron chi connectivity index (χ1n) is 12.9. The van der Waals surface area contributed by atoms with E-state index in [-0.39, 0.29) is 11.4 Å². The summed E-state index contributed by atoms with van der Waals surface area (Å²) in [4.78, 5) is 16.0. The van der Waals surface area contributed by atoms with Crippen LogP contribution in [0.4, 0.5) is 13.2 Å². The Balaban J connectivity index is 1.68. The first-order chi connectivity index (χ1) is 19.9. The fourth-order valence-electron chi connectivity index (χ4n) is 5.28. The number of halogens is 4. The second-order valence-electron chi connectivity index (χ2n) is 9.67. The summed E-state index contributed by atoms with van der Waals surface area (Å²) in [5.41, 5.74) is 5.72. The van der Waals surface area contributed by atoms with Crippen molar-refractivity contribution in [2.24, 2.45) is 0 Å². The molecule has 4 nitrogen and oxygen atoms in total. The molecule has 0 spiro atoms. The van der Waals surface area contributed by atoms with Crippen molar-refractivity contribution in [1.29, 1.82) is 0 Å². The number of hydrogen-bond acceptors (Lipinski definition) is 2. The molecule has 0 saturated heterocycles. The number of rotatable bonds is 2. The van der Waals surface area contributed by atoms with Crippen LogP contribution in [0.5, 0.6) is 0 Å². The summed E-state index contributed by atoms with van der Waals surface area (Å²) in [5.74, 6) is 0. The third-order valence-electron chi connectivity index (χ3n) is 7.10. The lowest BCUT2D eigenvalue weighted by atomic mass is 10.0. The maximum atomic E-state index is 14.7. The van der Waals surface area contributed by atoms with Gasteiger partial charge in [-0.05, 0) is 75.6 Å². The quantitative estimate of drug-likeness (QED) is 0.205. The van der Waals surface area contributed by atoms with Crippen molar-refractivity contribution in [1.82, 2.24) is 19.9 Å². The average molecular weight is 609 g/mol. The summed E-state index contributed by atoms with van der Waals surface area (Å²) in [6.07, 6.45) is 1.41. The van der Waals surface area contributed by atoms with E-state index < -0.39 is 11.7 Å². The largest absolute Gasteiger partial charge is 0.420 e. The van der Waals surface area contributed by atoms with Crippen molar-refractivity contribution in [3.05, 3.63) is 118 Å². The van der Waals surface area contributed by atoms with Crippen LogP contribution in [0.2, 0.25) is 0 Å². The molecule has 0 radical (unpaired) electrons. The van der Waals surface area contributed by atoms with Gasteiger partial charge in [0.05, 0.1) is 38.3 Å². The van der Waals surface area contributed by atoms with Crippen LogP contribution in [0.25, 0.3) is 68.6 Å².